The van der Waals surface area contributed by atoms with Crippen molar-refractivity contribution in [1.82, 2.24) is 5.32 Å². The van der Waals surface area contributed by atoms with Gasteiger partial charge in [0.25, 0.3) is 0 Å². The Morgan fingerprint density at radius 2 is 2.16 bits per heavy atom. The Bertz CT molecular complexity index is 436. The van der Waals surface area contributed by atoms with Gasteiger partial charge in [-0.05, 0) is 47.0 Å². The van der Waals surface area contributed by atoms with Crippen LogP contribution in [0.2, 0.25) is 0 Å². The molecule has 0 spiro atoms. The Morgan fingerprint density at radius 3 is 2.79 bits per heavy atom. The van der Waals surface area contributed by atoms with E-state index in [0.717, 1.165) is 17.6 Å². The van der Waals surface area contributed by atoms with Crippen molar-refractivity contribution in [1.29, 1.82) is 0 Å². The van der Waals surface area contributed by atoms with Gasteiger partial charge in [0, 0.05) is 34.1 Å². The summed E-state index contributed by atoms with van der Waals surface area (Å²) in [5, 5.41) is 3.68. The van der Waals surface area contributed by atoms with Crippen LogP contribution in [0.1, 0.15) is 27.2 Å². The van der Waals surface area contributed by atoms with Crippen molar-refractivity contribution in [2.45, 2.75) is 39.3 Å². The SMILES string of the molecule is CCC(C)C1CN(c2ccc(Br)cc2Br)C(C)CN1. The lowest BCUT2D eigenvalue weighted by Crippen LogP contribution is -2.57. The molecule has 1 fully saturated rings. The van der Waals surface area contributed by atoms with Crippen LogP contribution in [0.3, 0.4) is 0 Å². The fraction of sp³-hybridized carbons (Fsp3) is 0.600. The number of nitrogens with one attached hydrogen (secondary N) is 1. The van der Waals surface area contributed by atoms with Gasteiger partial charge in [-0.2, -0.15) is 0 Å². The van der Waals surface area contributed by atoms with Crippen molar-refractivity contribution in [3.8, 4) is 0 Å². The van der Waals surface area contributed by atoms with Crippen LogP contribution < -0.4 is 10.2 Å². The molecule has 0 aromatic heterocycles. The molecule has 0 saturated carbocycles. The molecular weight excluding hydrogens is 368 g/mol. The summed E-state index contributed by atoms with van der Waals surface area (Å²) >= 11 is 7.21. The number of anilines is 1. The van der Waals surface area contributed by atoms with Crippen molar-refractivity contribution in [2.75, 3.05) is 18.0 Å². The van der Waals surface area contributed by atoms with Gasteiger partial charge in [-0.1, -0.05) is 36.2 Å². The molecule has 19 heavy (non-hydrogen) atoms. The molecule has 0 aliphatic carbocycles. The fourth-order valence-electron chi connectivity index (χ4n) is 2.60. The topological polar surface area (TPSA) is 15.3 Å². The molecule has 1 N–H and O–H groups in total. The molecule has 4 heteroatoms. The maximum atomic E-state index is 3.69. The normalized spacial score (nSPS) is 25.4. The molecule has 3 unspecified atom stereocenters. The Hall–Kier alpha value is -0.0600. The zero-order chi connectivity index (χ0) is 14.0. The first-order valence-electron chi connectivity index (χ1n) is 6.98. The highest BCUT2D eigenvalue weighted by atomic mass is 79.9. The van der Waals surface area contributed by atoms with Crippen LogP contribution in [0.15, 0.2) is 27.1 Å². The monoisotopic (exact) mass is 388 g/mol. The van der Waals surface area contributed by atoms with E-state index in [2.05, 4.69) is 81.0 Å². The standard InChI is InChI=1S/C15H22Br2N2/c1-4-10(2)14-9-19(11(3)8-18-14)15-6-5-12(16)7-13(15)17/h5-7,10-11,14,18H,4,8-9H2,1-3H3. The summed E-state index contributed by atoms with van der Waals surface area (Å²) in [5.74, 6) is 0.712. The number of rotatable bonds is 3. The molecule has 2 nitrogen and oxygen atoms in total. The molecule has 0 bridgehead atoms. The van der Waals surface area contributed by atoms with Gasteiger partial charge in [-0.15, -0.1) is 0 Å². The van der Waals surface area contributed by atoms with Gasteiger partial charge in [0.2, 0.25) is 0 Å². The molecular formula is C15H22Br2N2. The summed E-state index contributed by atoms with van der Waals surface area (Å²) in [6, 6.07) is 7.55. The minimum atomic E-state index is 0.526. The quantitative estimate of drug-likeness (QED) is 0.822. The van der Waals surface area contributed by atoms with Crippen molar-refractivity contribution >= 4 is 37.5 Å². The zero-order valence-corrected chi connectivity index (χ0v) is 15.0. The fourth-order valence-corrected chi connectivity index (χ4v) is 3.88. The van der Waals surface area contributed by atoms with E-state index in [-0.39, 0.29) is 0 Å². The first-order valence-corrected chi connectivity index (χ1v) is 8.56. The van der Waals surface area contributed by atoms with Crippen molar-refractivity contribution in [2.24, 2.45) is 5.92 Å². The van der Waals surface area contributed by atoms with Gasteiger partial charge in [0.1, 0.15) is 0 Å². The Morgan fingerprint density at radius 1 is 1.42 bits per heavy atom. The Balaban J connectivity index is 2.21. The molecule has 1 heterocycles. The van der Waals surface area contributed by atoms with Gasteiger partial charge in [-0.3, -0.25) is 0 Å². The highest BCUT2D eigenvalue weighted by Crippen LogP contribution is 2.32. The van der Waals surface area contributed by atoms with Crippen LogP contribution in [0.25, 0.3) is 0 Å². The van der Waals surface area contributed by atoms with E-state index in [1.807, 2.05) is 0 Å². The molecule has 1 aromatic carbocycles. The summed E-state index contributed by atoms with van der Waals surface area (Å²) in [5.41, 5.74) is 1.30. The summed E-state index contributed by atoms with van der Waals surface area (Å²) in [6.45, 7) is 9.02. The van der Waals surface area contributed by atoms with Crippen LogP contribution in [-0.2, 0) is 0 Å². The third-order valence-electron chi connectivity index (χ3n) is 4.15. The van der Waals surface area contributed by atoms with Crippen LogP contribution in [0, 0.1) is 5.92 Å². The molecule has 1 aliphatic heterocycles. The van der Waals surface area contributed by atoms with Gasteiger partial charge >= 0.3 is 0 Å². The molecule has 3 atom stereocenters. The summed E-state index contributed by atoms with van der Waals surface area (Å²) < 4.78 is 2.28. The van der Waals surface area contributed by atoms with E-state index in [0.29, 0.717) is 18.0 Å². The van der Waals surface area contributed by atoms with E-state index >= 15 is 0 Å². The van der Waals surface area contributed by atoms with E-state index < -0.39 is 0 Å². The molecule has 106 valence electrons. The molecule has 1 aromatic rings. The van der Waals surface area contributed by atoms with Gasteiger partial charge in [0.05, 0.1) is 5.69 Å². The maximum absolute atomic E-state index is 3.69. The number of nitrogens with zero attached hydrogens (tertiary/aromatic N) is 1. The lowest BCUT2D eigenvalue weighted by molar-refractivity contribution is 0.315. The number of benzene rings is 1. The lowest BCUT2D eigenvalue weighted by Gasteiger charge is -2.42. The third kappa shape index (κ3) is 3.53. The van der Waals surface area contributed by atoms with E-state index in [1.54, 1.807) is 0 Å². The molecule has 0 radical (unpaired) electrons. The molecule has 0 amide bonds. The number of hydrogen-bond acceptors (Lipinski definition) is 2. The zero-order valence-electron chi connectivity index (χ0n) is 11.8. The second-order valence-corrected chi connectivity index (χ2v) is 7.27. The average molecular weight is 390 g/mol. The van der Waals surface area contributed by atoms with Crippen LogP contribution in [-0.4, -0.2) is 25.2 Å². The van der Waals surface area contributed by atoms with E-state index in [1.165, 1.54) is 16.6 Å². The van der Waals surface area contributed by atoms with Crippen LogP contribution in [0.5, 0.6) is 0 Å². The Labute approximate surface area is 133 Å². The predicted molar refractivity (Wildman–Crippen MR) is 89.9 cm³/mol. The number of hydrogen-bond donors (Lipinski definition) is 1. The summed E-state index contributed by atoms with van der Waals surface area (Å²) in [4.78, 5) is 2.52. The van der Waals surface area contributed by atoms with Gasteiger partial charge in [0.15, 0.2) is 0 Å². The minimum absolute atomic E-state index is 0.526. The average Bonchev–Trinajstić information content (AvgIpc) is 2.39. The summed E-state index contributed by atoms with van der Waals surface area (Å²) in [7, 11) is 0. The Kier molecular flexibility index (Phi) is 5.32. The summed E-state index contributed by atoms with van der Waals surface area (Å²) in [6.07, 6.45) is 1.22. The van der Waals surface area contributed by atoms with Crippen molar-refractivity contribution in [3.05, 3.63) is 27.1 Å². The van der Waals surface area contributed by atoms with Crippen LogP contribution in [0.4, 0.5) is 5.69 Å². The van der Waals surface area contributed by atoms with E-state index in [4.69, 9.17) is 0 Å². The van der Waals surface area contributed by atoms with E-state index in [9.17, 15) is 0 Å². The first-order chi connectivity index (χ1) is 9.02. The highest BCUT2D eigenvalue weighted by molar-refractivity contribution is 9.11. The third-order valence-corrected chi connectivity index (χ3v) is 5.28. The molecule has 2 rings (SSSR count). The van der Waals surface area contributed by atoms with Crippen molar-refractivity contribution < 1.29 is 0 Å². The van der Waals surface area contributed by atoms with Crippen LogP contribution >= 0.6 is 31.9 Å². The van der Waals surface area contributed by atoms with Gasteiger partial charge in [-0.25, -0.2) is 0 Å². The second-order valence-electron chi connectivity index (χ2n) is 5.50. The second kappa shape index (κ2) is 6.59. The number of piperazine rings is 1. The smallest absolute Gasteiger partial charge is 0.0514 e. The predicted octanol–water partition coefficient (Wildman–Crippen LogP) is 4.42. The van der Waals surface area contributed by atoms with Gasteiger partial charge < -0.3 is 10.2 Å². The lowest BCUT2D eigenvalue weighted by atomic mass is 9.95. The molecule has 1 aliphatic rings. The molecule has 1 saturated heterocycles. The van der Waals surface area contributed by atoms with Crippen molar-refractivity contribution in [3.63, 3.8) is 0 Å². The maximum Gasteiger partial charge on any atom is 0.0514 e. The number of halogens is 2. The highest BCUT2D eigenvalue weighted by Gasteiger charge is 2.28. The largest absolute Gasteiger partial charge is 0.365 e. The minimum Gasteiger partial charge on any atom is -0.365 e. The first kappa shape index (κ1) is 15.3.